The first-order valence-electron chi connectivity index (χ1n) is 9.57. The molecule has 0 aliphatic heterocycles. The number of rotatable bonds is 6. The topological polar surface area (TPSA) is 68.5 Å². The number of nitrogens with zero attached hydrogens (tertiary/aromatic N) is 3. The largest absolute Gasteiger partial charge is 0.494 e. The van der Waals surface area contributed by atoms with Crippen molar-refractivity contribution in [2.45, 2.75) is 20.4 Å². The molecule has 0 saturated heterocycles. The van der Waals surface area contributed by atoms with E-state index in [-0.39, 0.29) is 5.91 Å². The Morgan fingerprint density at radius 3 is 2.55 bits per heavy atom. The van der Waals surface area contributed by atoms with E-state index in [4.69, 9.17) is 4.74 Å². The van der Waals surface area contributed by atoms with Gasteiger partial charge in [0.15, 0.2) is 11.3 Å². The highest BCUT2D eigenvalue weighted by molar-refractivity contribution is 5.93. The average Bonchev–Trinajstić information content (AvgIpc) is 3.19. The lowest BCUT2D eigenvalue weighted by molar-refractivity contribution is 0.0945. The predicted molar refractivity (Wildman–Crippen MR) is 112 cm³/mol. The molecule has 2 aromatic carbocycles. The first kappa shape index (κ1) is 18.7. The van der Waals surface area contributed by atoms with E-state index in [1.807, 2.05) is 74.5 Å². The minimum Gasteiger partial charge on any atom is -0.494 e. The van der Waals surface area contributed by atoms with Crippen LogP contribution in [-0.4, -0.2) is 27.1 Å². The first-order valence-corrected chi connectivity index (χ1v) is 9.57. The quantitative estimate of drug-likeness (QED) is 0.543. The van der Waals surface area contributed by atoms with Gasteiger partial charge in [-0.3, -0.25) is 4.79 Å². The van der Waals surface area contributed by atoms with Gasteiger partial charge in [0.05, 0.1) is 12.3 Å². The van der Waals surface area contributed by atoms with E-state index in [2.05, 4.69) is 15.4 Å². The fraction of sp³-hybridized carbons (Fsp3) is 0.174. The van der Waals surface area contributed by atoms with Crippen molar-refractivity contribution in [3.8, 4) is 17.0 Å². The van der Waals surface area contributed by atoms with Crippen LogP contribution in [-0.2, 0) is 6.54 Å². The Labute approximate surface area is 169 Å². The van der Waals surface area contributed by atoms with Gasteiger partial charge in [-0.2, -0.15) is 5.10 Å². The number of carbonyl (C=O) groups is 1. The molecule has 29 heavy (non-hydrogen) atoms. The fourth-order valence-electron chi connectivity index (χ4n) is 3.14. The predicted octanol–water partition coefficient (Wildman–Crippen LogP) is 4.03. The Morgan fingerprint density at radius 2 is 1.83 bits per heavy atom. The minimum atomic E-state index is -0.221. The summed E-state index contributed by atoms with van der Waals surface area (Å²) in [6.07, 6.45) is 0. The van der Waals surface area contributed by atoms with Gasteiger partial charge in [0, 0.05) is 23.9 Å². The number of amides is 1. The molecule has 1 N–H and O–H groups in total. The molecule has 6 nitrogen and oxygen atoms in total. The summed E-state index contributed by atoms with van der Waals surface area (Å²) in [6.45, 7) is 5.00. The summed E-state index contributed by atoms with van der Waals surface area (Å²) in [4.78, 5) is 17.2. The number of benzene rings is 2. The highest BCUT2D eigenvalue weighted by atomic mass is 16.5. The second-order valence-corrected chi connectivity index (χ2v) is 6.71. The summed E-state index contributed by atoms with van der Waals surface area (Å²) in [5.41, 5.74) is 4.74. The number of hydrogen-bond acceptors (Lipinski definition) is 4. The van der Waals surface area contributed by atoms with Crippen molar-refractivity contribution in [2.24, 2.45) is 0 Å². The lowest BCUT2D eigenvalue weighted by atomic mass is 10.1. The molecule has 2 heterocycles. The van der Waals surface area contributed by atoms with E-state index in [9.17, 15) is 4.79 Å². The second-order valence-electron chi connectivity index (χ2n) is 6.71. The van der Waals surface area contributed by atoms with E-state index >= 15 is 0 Å². The normalized spacial score (nSPS) is 10.8. The maximum Gasteiger partial charge on any atom is 0.272 e. The summed E-state index contributed by atoms with van der Waals surface area (Å²) >= 11 is 0. The first-order chi connectivity index (χ1) is 14.1. The third-order valence-electron chi connectivity index (χ3n) is 4.59. The Hall–Kier alpha value is -3.67. The molecule has 0 fully saturated rings. The highest BCUT2D eigenvalue weighted by Gasteiger charge is 2.14. The van der Waals surface area contributed by atoms with Gasteiger partial charge in [-0.15, -0.1) is 0 Å². The SMILES string of the molecule is CCOc1ccc(-c2cc(C)n3nc(C(=O)NCc4ccccc4)cc3n2)cc1. The van der Waals surface area contributed by atoms with E-state index < -0.39 is 0 Å². The van der Waals surface area contributed by atoms with Crippen molar-refractivity contribution >= 4 is 11.6 Å². The molecule has 4 aromatic rings. The molecule has 146 valence electrons. The molecule has 0 saturated carbocycles. The number of aromatic nitrogens is 3. The number of carbonyl (C=O) groups excluding carboxylic acids is 1. The molecule has 0 aliphatic rings. The van der Waals surface area contributed by atoms with Crippen molar-refractivity contribution in [1.29, 1.82) is 0 Å². The van der Waals surface area contributed by atoms with E-state index in [1.165, 1.54) is 0 Å². The zero-order chi connectivity index (χ0) is 20.2. The Balaban J connectivity index is 1.57. The second kappa shape index (κ2) is 8.14. The van der Waals surface area contributed by atoms with Gasteiger partial charge >= 0.3 is 0 Å². The number of fused-ring (bicyclic) bond motifs is 1. The lowest BCUT2D eigenvalue weighted by Crippen LogP contribution is -2.23. The van der Waals surface area contributed by atoms with Crippen LogP contribution in [0, 0.1) is 6.92 Å². The average molecular weight is 386 g/mol. The van der Waals surface area contributed by atoms with Crippen LogP contribution in [0.25, 0.3) is 16.9 Å². The summed E-state index contributed by atoms with van der Waals surface area (Å²) in [5.74, 6) is 0.608. The molecular formula is C23H22N4O2. The fourth-order valence-corrected chi connectivity index (χ4v) is 3.14. The molecular weight excluding hydrogens is 364 g/mol. The van der Waals surface area contributed by atoms with Gasteiger partial charge < -0.3 is 10.1 Å². The van der Waals surface area contributed by atoms with E-state index in [0.717, 1.165) is 28.3 Å². The minimum absolute atomic E-state index is 0.221. The molecule has 0 bridgehead atoms. The number of hydrogen-bond donors (Lipinski definition) is 1. The van der Waals surface area contributed by atoms with Crippen LogP contribution < -0.4 is 10.1 Å². The molecule has 0 aliphatic carbocycles. The standard InChI is InChI=1S/C23H22N4O2/c1-3-29-19-11-9-18(10-12-19)20-13-16(2)27-22(25-20)14-21(26-27)23(28)24-15-17-7-5-4-6-8-17/h4-14H,3,15H2,1-2H3,(H,24,28). The maximum atomic E-state index is 12.5. The Bertz CT molecular complexity index is 1130. The molecule has 0 spiro atoms. The summed E-state index contributed by atoms with van der Waals surface area (Å²) in [7, 11) is 0. The van der Waals surface area contributed by atoms with Crippen molar-refractivity contribution in [2.75, 3.05) is 6.61 Å². The van der Waals surface area contributed by atoms with E-state index in [1.54, 1.807) is 10.6 Å². The molecule has 0 radical (unpaired) electrons. The zero-order valence-electron chi connectivity index (χ0n) is 16.4. The van der Waals surface area contributed by atoms with Crippen molar-refractivity contribution in [3.63, 3.8) is 0 Å². The van der Waals surface area contributed by atoms with Gasteiger partial charge in [0.25, 0.3) is 5.91 Å². The monoisotopic (exact) mass is 386 g/mol. The molecule has 0 atom stereocenters. The number of nitrogens with one attached hydrogen (secondary N) is 1. The van der Waals surface area contributed by atoms with Crippen molar-refractivity contribution in [1.82, 2.24) is 19.9 Å². The van der Waals surface area contributed by atoms with Gasteiger partial charge in [-0.05, 0) is 49.7 Å². The van der Waals surface area contributed by atoms with E-state index in [0.29, 0.717) is 24.5 Å². The Kier molecular flexibility index (Phi) is 5.24. The molecule has 2 aromatic heterocycles. The number of ether oxygens (including phenoxy) is 1. The third kappa shape index (κ3) is 4.11. The van der Waals surface area contributed by atoms with Crippen LogP contribution in [0.2, 0.25) is 0 Å². The van der Waals surface area contributed by atoms with Crippen LogP contribution >= 0.6 is 0 Å². The Morgan fingerprint density at radius 1 is 1.07 bits per heavy atom. The third-order valence-corrected chi connectivity index (χ3v) is 4.59. The molecule has 4 rings (SSSR count). The molecule has 0 unspecified atom stereocenters. The van der Waals surface area contributed by atoms with Crippen LogP contribution in [0.5, 0.6) is 5.75 Å². The number of aryl methyl sites for hydroxylation is 1. The lowest BCUT2D eigenvalue weighted by Gasteiger charge is -2.06. The van der Waals surface area contributed by atoms with Crippen LogP contribution in [0.3, 0.4) is 0 Å². The summed E-state index contributed by atoms with van der Waals surface area (Å²) in [6, 6.07) is 21.3. The van der Waals surface area contributed by atoms with Gasteiger partial charge in [-0.25, -0.2) is 9.50 Å². The smallest absolute Gasteiger partial charge is 0.272 e. The highest BCUT2D eigenvalue weighted by Crippen LogP contribution is 2.23. The summed E-state index contributed by atoms with van der Waals surface area (Å²) in [5, 5.41) is 7.32. The van der Waals surface area contributed by atoms with Gasteiger partial charge in [-0.1, -0.05) is 30.3 Å². The summed E-state index contributed by atoms with van der Waals surface area (Å²) < 4.78 is 7.19. The van der Waals surface area contributed by atoms with Crippen LogP contribution in [0.1, 0.15) is 28.7 Å². The van der Waals surface area contributed by atoms with Gasteiger partial charge in [0.1, 0.15) is 5.75 Å². The van der Waals surface area contributed by atoms with Crippen molar-refractivity contribution < 1.29 is 9.53 Å². The zero-order valence-corrected chi connectivity index (χ0v) is 16.4. The van der Waals surface area contributed by atoms with Crippen molar-refractivity contribution in [3.05, 3.63) is 83.7 Å². The maximum absolute atomic E-state index is 12.5. The van der Waals surface area contributed by atoms with Crippen LogP contribution in [0.15, 0.2) is 66.7 Å². The van der Waals surface area contributed by atoms with Gasteiger partial charge in [0.2, 0.25) is 0 Å². The molecule has 6 heteroatoms. The molecule has 1 amide bonds. The van der Waals surface area contributed by atoms with Crippen LogP contribution in [0.4, 0.5) is 0 Å².